The lowest BCUT2D eigenvalue weighted by atomic mass is 10.1. The molecule has 0 aliphatic heterocycles. The van der Waals surface area contributed by atoms with E-state index in [1.54, 1.807) is 24.3 Å². The third kappa shape index (κ3) is 4.79. The molecule has 3 aromatic carbocycles. The third-order valence-corrected chi connectivity index (χ3v) is 4.06. The second-order valence-electron chi connectivity index (χ2n) is 6.18. The Morgan fingerprint density at radius 2 is 1.63 bits per heavy atom. The Kier molecular flexibility index (Phi) is 5.61. The van der Waals surface area contributed by atoms with Crippen molar-refractivity contribution in [3.05, 3.63) is 101 Å². The molecule has 3 rings (SSSR count). The summed E-state index contributed by atoms with van der Waals surface area (Å²) in [6.07, 6.45) is 0. The average Bonchev–Trinajstić information content (AvgIpc) is 2.67. The fourth-order valence-corrected chi connectivity index (χ4v) is 2.69. The van der Waals surface area contributed by atoms with Crippen LogP contribution in [0.2, 0.25) is 0 Å². The number of benzene rings is 3. The van der Waals surface area contributed by atoms with E-state index in [0.717, 1.165) is 11.1 Å². The van der Waals surface area contributed by atoms with Gasteiger partial charge >= 0.3 is 0 Å². The minimum absolute atomic E-state index is 0.286. The van der Waals surface area contributed by atoms with Crippen LogP contribution in [0.15, 0.2) is 72.8 Å². The maximum Gasteiger partial charge on any atom is 0.255 e. The van der Waals surface area contributed by atoms with E-state index >= 15 is 0 Å². The Morgan fingerprint density at radius 3 is 2.37 bits per heavy atom. The van der Waals surface area contributed by atoms with Crippen LogP contribution < -0.4 is 10.6 Å². The lowest BCUT2D eigenvalue weighted by molar-refractivity contribution is 0.0952. The molecule has 3 aromatic rings. The summed E-state index contributed by atoms with van der Waals surface area (Å²) in [5, 5.41) is 5.58. The molecule has 0 saturated heterocycles. The zero-order chi connectivity index (χ0) is 19.2. The first-order valence-corrected chi connectivity index (χ1v) is 8.52. The van der Waals surface area contributed by atoms with E-state index in [9.17, 15) is 14.0 Å². The topological polar surface area (TPSA) is 58.2 Å². The molecule has 0 aromatic heterocycles. The van der Waals surface area contributed by atoms with Crippen LogP contribution in [0.25, 0.3) is 0 Å². The van der Waals surface area contributed by atoms with E-state index < -0.39 is 11.7 Å². The second-order valence-corrected chi connectivity index (χ2v) is 6.18. The molecule has 2 amide bonds. The van der Waals surface area contributed by atoms with Crippen LogP contribution in [0.1, 0.15) is 31.8 Å². The molecule has 0 fully saturated rings. The first kappa shape index (κ1) is 18.3. The highest BCUT2D eigenvalue weighted by Gasteiger charge is 2.14. The number of amides is 2. The van der Waals surface area contributed by atoms with Crippen LogP contribution in [0, 0.1) is 12.7 Å². The van der Waals surface area contributed by atoms with E-state index in [-0.39, 0.29) is 5.91 Å². The SMILES string of the molecule is Cc1cccc(CNC(=O)c2ccccc2NC(=O)c2ccc(F)cc2)c1. The highest BCUT2D eigenvalue weighted by Crippen LogP contribution is 2.17. The van der Waals surface area contributed by atoms with Crippen molar-refractivity contribution in [1.82, 2.24) is 5.32 Å². The van der Waals surface area contributed by atoms with Crippen molar-refractivity contribution in [2.45, 2.75) is 13.5 Å². The first-order chi connectivity index (χ1) is 13.0. The smallest absolute Gasteiger partial charge is 0.255 e. The summed E-state index contributed by atoms with van der Waals surface area (Å²) in [6, 6.07) is 19.9. The van der Waals surface area contributed by atoms with Gasteiger partial charge in [-0.15, -0.1) is 0 Å². The number of rotatable bonds is 5. The van der Waals surface area contributed by atoms with Gasteiger partial charge < -0.3 is 10.6 Å². The average molecular weight is 362 g/mol. The molecule has 0 aliphatic carbocycles. The number of anilines is 1. The van der Waals surface area contributed by atoms with Gasteiger partial charge in [0.2, 0.25) is 0 Å². The number of hydrogen-bond donors (Lipinski definition) is 2. The molecule has 5 heteroatoms. The minimum atomic E-state index is -0.414. The Bertz CT molecular complexity index is 968. The number of hydrogen-bond acceptors (Lipinski definition) is 2. The molecule has 0 atom stereocenters. The van der Waals surface area contributed by atoms with Gasteiger partial charge in [0, 0.05) is 12.1 Å². The predicted octanol–water partition coefficient (Wildman–Crippen LogP) is 4.32. The van der Waals surface area contributed by atoms with Crippen molar-refractivity contribution in [1.29, 1.82) is 0 Å². The Hall–Kier alpha value is -3.47. The molecule has 0 radical (unpaired) electrons. The lowest BCUT2D eigenvalue weighted by Crippen LogP contribution is -2.25. The van der Waals surface area contributed by atoms with Gasteiger partial charge in [-0.05, 0) is 48.9 Å². The van der Waals surface area contributed by atoms with E-state index in [2.05, 4.69) is 10.6 Å². The molecule has 0 heterocycles. The standard InChI is InChI=1S/C22H19FN2O2/c1-15-5-4-6-16(13-15)14-24-22(27)19-7-2-3-8-20(19)25-21(26)17-9-11-18(23)12-10-17/h2-13H,14H2,1H3,(H,24,27)(H,25,26). The van der Waals surface area contributed by atoms with Crippen LogP contribution >= 0.6 is 0 Å². The zero-order valence-corrected chi connectivity index (χ0v) is 14.8. The highest BCUT2D eigenvalue weighted by molar-refractivity contribution is 6.08. The number of carbonyl (C=O) groups excluding carboxylic acids is 2. The molecule has 136 valence electrons. The van der Waals surface area contributed by atoms with Crippen molar-refractivity contribution in [2.75, 3.05) is 5.32 Å². The molecular weight excluding hydrogens is 343 g/mol. The van der Waals surface area contributed by atoms with E-state index in [1.807, 2.05) is 31.2 Å². The fraction of sp³-hybridized carbons (Fsp3) is 0.0909. The van der Waals surface area contributed by atoms with Crippen molar-refractivity contribution < 1.29 is 14.0 Å². The number of carbonyl (C=O) groups is 2. The molecule has 2 N–H and O–H groups in total. The Morgan fingerprint density at radius 1 is 0.889 bits per heavy atom. The molecule has 0 saturated carbocycles. The monoisotopic (exact) mass is 362 g/mol. The summed E-state index contributed by atoms with van der Waals surface area (Å²) in [5.41, 5.74) is 3.19. The largest absolute Gasteiger partial charge is 0.348 e. The van der Waals surface area contributed by atoms with Crippen LogP contribution in [-0.4, -0.2) is 11.8 Å². The summed E-state index contributed by atoms with van der Waals surface area (Å²) in [4.78, 5) is 24.9. The van der Waals surface area contributed by atoms with Gasteiger partial charge in [-0.25, -0.2) is 4.39 Å². The summed E-state index contributed by atoms with van der Waals surface area (Å²) >= 11 is 0. The zero-order valence-electron chi connectivity index (χ0n) is 14.8. The minimum Gasteiger partial charge on any atom is -0.348 e. The highest BCUT2D eigenvalue weighted by atomic mass is 19.1. The lowest BCUT2D eigenvalue weighted by Gasteiger charge is -2.12. The van der Waals surface area contributed by atoms with Gasteiger partial charge in [0.15, 0.2) is 0 Å². The second kappa shape index (κ2) is 8.27. The van der Waals surface area contributed by atoms with Crippen LogP contribution in [-0.2, 0) is 6.54 Å². The summed E-state index contributed by atoms with van der Waals surface area (Å²) in [7, 11) is 0. The number of aryl methyl sites for hydroxylation is 1. The van der Waals surface area contributed by atoms with Crippen molar-refractivity contribution >= 4 is 17.5 Å². The van der Waals surface area contributed by atoms with E-state index in [0.29, 0.717) is 23.4 Å². The van der Waals surface area contributed by atoms with Gasteiger partial charge in [-0.2, -0.15) is 0 Å². The molecule has 0 aliphatic rings. The van der Waals surface area contributed by atoms with Crippen molar-refractivity contribution in [3.63, 3.8) is 0 Å². The molecule has 0 spiro atoms. The predicted molar refractivity (Wildman–Crippen MR) is 103 cm³/mol. The fourth-order valence-electron chi connectivity index (χ4n) is 2.69. The molecule has 0 unspecified atom stereocenters. The Labute approximate surface area is 157 Å². The maximum absolute atomic E-state index is 13.0. The molecule has 4 nitrogen and oxygen atoms in total. The summed E-state index contributed by atoms with van der Waals surface area (Å²) < 4.78 is 13.0. The number of para-hydroxylation sites is 1. The molecule has 27 heavy (non-hydrogen) atoms. The quantitative estimate of drug-likeness (QED) is 0.710. The Balaban J connectivity index is 1.72. The van der Waals surface area contributed by atoms with Crippen molar-refractivity contribution in [2.24, 2.45) is 0 Å². The third-order valence-electron chi connectivity index (χ3n) is 4.06. The molecular formula is C22H19FN2O2. The van der Waals surface area contributed by atoms with Gasteiger partial charge in [-0.3, -0.25) is 9.59 Å². The van der Waals surface area contributed by atoms with E-state index in [1.165, 1.54) is 24.3 Å². The summed E-state index contributed by atoms with van der Waals surface area (Å²) in [6.45, 7) is 2.38. The summed E-state index contributed by atoms with van der Waals surface area (Å²) in [5.74, 6) is -1.11. The first-order valence-electron chi connectivity index (χ1n) is 8.52. The van der Waals surface area contributed by atoms with Gasteiger partial charge in [0.25, 0.3) is 11.8 Å². The number of nitrogens with one attached hydrogen (secondary N) is 2. The van der Waals surface area contributed by atoms with Crippen LogP contribution in [0.5, 0.6) is 0 Å². The van der Waals surface area contributed by atoms with Gasteiger partial charge in [0.05, 0.1) is 11.3 Å². The van der Waals surface area contributed by atoms with Gasteiger partial charge in [-0.1, -0.05) is 42.0 Å². The van der Waals surface area contributed by atoms with Crippen LogP contribution in [0.3, 0.4) is 0 Å². The van der Waals surface area contributed by atoms with Crippen LogP contribution in [0.4, 0.5) is 10.1 Å². The van der Waals surface area contributed by atoms with Gasteiger partial charge in [0.1, 0.15) is 5.82 Å². The molecule has 0 bridgehead atoms. The van der Waals surface area contributed by atoms with E-state index in [4.69, 9.17) is 0 Å². The van der Waals surface area contributed by atoms with Crippen molar-refractivity contribution in [3.8, 4) is 0 Å². The normalized spacial score (nSPS) is 10.3. The maximum atomic E-state index is 13.0. The number of halogens is 1.